The van der Waals surface area contributed by atoms with Crippen molar-refractivity contribution in [2.45, 2.75) is 39.2 Å². The van der Waals surface area contributed by atoms with Gasteiger partial charge in [0.1, 0.15) is 0 Å². The monoisotopic (exact) mass is 272 g/mol. The number of ether oxygens (including phenoxy) is 1. The van der Waals surface area contributed by atoms with E-state index in [4.69, 9.17) is 4.74 Å². The highest BCUT2D eigenvalue weighted by Crippen LogP contribution is 2.00. The Kier molecular flexibility index (Phi) is 8.25. The minimum Gasteiger partial charge on any atom is -0.381 e. The molecule has 19 heavy (non-hydrogen) atoms. The molecule has 108 valence electrons. The lowest BCUT2D eigenvalue weighted by Crippen LogP contribution is -2.21. The summed E-state index contributed by atoms with van der Waals surface area (Å²) in [5.41, 5.74) is 1.80. The fourth-order valence-electron chi connectivity index (χ4n) is 1.64. The molecule has 1 N–H and O–H groups in total. The number of aryl methyl sites for hydroxylation is 1. The predicted molar refractivity (Wildman–Crippen MR) is 71.4 cm³/mol. The topological polar surface area (TPSA) is 34.1 Å². The number of nitrogens with one attached hydrogen (secondary N) is 1. The molecule has 5 heteroatoms. The molecule has 1 saturated heterocycles. The van der Waals surface area contributed by atoms with Crippen LogP contribution in [-0.4, -0.2) is 31.2 Å². The summed E-state index contributed by atoms with van der Waals surface area (Å²) in [6.45, 7) is 4.13. The maximum Gasteiger partial charge on any atom is 0.250 e. The van der Waals surface area contributed by atoms with Crippen LogP contribution in [0.2, 0.25) is 0 Å². The van der Waals surface area contributed by atoms with Gasteiger partial charge in [-0.3, -0.25) is 4.98 Å². The lowest BCUT2D eigenvalue weighted by Gasteiger charge is -2.04. The van der Waals surface area contributed by atoms with Crippen LogP contribution in [0.5, 0.6) is 0 Å². The predicted octanol–water partition coefficient (Wildman–Crippen LogP) is 2.80. The van der Waals surface area contributed by atoms with Crippen molar-refractivity contribution in [1.29, 1.82) is 0 Å². The fraction of sp³-hybridized carbons (Fsp3) is 0.643. The minimum absolute atomic E-state index is 0.280. The maximum absolute atomic E-state index is 11.8. The minimum atomic E-state index is -2.30. The van der Waals surface area contributed by atoms with Crippen LogP contribution in [0.25, 0.3) is 0 Å². The van der Waals surface area contributed by atoms with Gasteiger partial charge in [-0.15, -0.1) is 0 Å². The van der Waals surface area contributed by atoms with Crippen molar-refractivity contribution < 1.29 is 13.5 Å². The first-order valence-corrected chi connectivity index (χ1v) is 6.73. The summed E-state index contributed by atoms with van der Waals surface area (Å²) in [4.78, 5) is 4.28. The van der Waals surface area contributed by atoms with Crippen molar-refractivity contribution >= 4 is 0 Å². The van der Waals surface area contributed by atoms with Crippen LogP contribution in [-0.2, 0) is 17.7 Å². The zero-order valence-corrected chi connectivity index (χ0v) is 11.4. The molecule has 1 aliphatic heterocycles. The third-order valence-corrected chi connectivity index (χ3v) is 2.66. The van der Waals surface area contributed by atoms with Gasteiger partial charge in [0.2, 0.25) is 0 Å². The molecule has 2 heterocycles. The Bertz CT molecular complexity index is 336. The molecule has 0 amide bonds. The highest BCUT2D eigenvalue weighted by molar-refractivity contribution is 5.10. The lowest BCUT2D eigenvalue weighted by molar-refractivity contribution is 0.145. The van der Waals surface area contributed by atoms with Gasteiger partial charge in [-0.05, 0) is 31.4 Å². The van der Waals surface area contributed by atoms with Crippen LogP contribution in [0.4, 0.5) is 8.78 Å². The molecular weight excluding hydrogens is 250 g/mol. The molecule has 1 aromatic heterocycles. The van der Waals surface area contributed by atoms with Crippen LogP contribution in [0.15, 0.2) is 18.2 Å². The Morgan fingerprint density at radius 2 is 1.95 bits per heavy atom. The summed E-state index contributed by atoms with van der Waals surface area (Å²) in [7, 11) is 0. The smallest absolute Gasteiger partial charge is 0.250 e. The van der Waals surface area contributed by atoms with Gasteiger partial charge >= 0.3 is 0 Å². The number of hydrogen-bond acceptors (Lipinski definition) is 3. The van der Waals surface area contributed by atoms with Crippen molar-refractivity contribution in [2.24, 2.45) is 0 Å². The molecule has 1 fully saturated rings. The van der Waals surface area contributed by atoms with Gasteiger partial charge in [0.15, 0.2) is 0 Å². The molecule has 0 atom stereocenters. The maximum atomic E-state index is 11.8. The number of halogens is 2. The van der Waals surface area contributed by atoms with Crippen molar-refractivity contribution in [1.82, 2.24) is 10.3 Å². The Morgan fingerprint density at radius 1 is 1.26 bits per heavy atom. The van der Waals surface area contributed by atoms with E-state index in [0.717, 1.165) is 31.0 Å². The van der Waals surface area contributed by atoms with Crippen LogP contribution in [0.1, 0.15) is 31.2 Å². The van der Waals surface area contributed by atoms with Crippen molar-refractivity contribution in [2.75, 3.05) is 19.8 Å². The van der Waals surface area contributed by atoms with Gasteiger partial charge in [0.05, 0.1) is 12.2 Å². The number of hydrogen-bond donors (Lipinski definition) is 1. The molecule has 0 unspecified atom stereocenters. The third-order valence-electron chi connectivity index (χ3n) is 2.66. The Hall–Kier alpha value is -1.07. The zero-order chi connectivity index (χ0) is 13.9. The average molecular weight is 272 g/mol. The molecule has 0 saturated carbocycles. The third kappa shape index (κ3) is 7.85. The molecule has 0 radical (unpaired) electrons. The quantitative estimate of drug-likeness (QED) is 0.895. The van der Waals surface area contributed by atoms with Gasteiger partial charge in [0.25, 0.3) is 6.43 Å². The number of rotatable bonds is 5. The molecule has 1 aliphatic rings. The number of alkyl halides is 2. The molecule has 0 bridgehead atoms. The summed E-state index contributed by atoms with van der Waals surface area (Å²) in [6.07, 6.45) is 1.12. The highest BCUT2D eigenvalue weighted by Gasteiger charge is 2.01. The Balaban J connectivity index is 0.000000300. The van der Waals surface area contributed by atoms with Gasteiger partial charge < -0.3 is 10.1 Å². The molecule has 0 aliphatic carbocycles. The van der Waals surface area contributed by atoms with Crippen LogP contribution < -0.4 is 5.32 Å². The van der Waals surface area contributed by atoms with Gasteiger partial charge in [-0.2, -0.15) is 0 Å². The van der Waals surface area contributed by atoms with E-state index in [1.807, 2.05) is 25.1 Å². The van der Waals surface area contributed by atoms with E-state index >= 15 is 0 Å². The van der Waals surface area contributed by atoms with E-state index in [9.17, 15) is 8.78 Å². The van der Waals surface area contributed by atoms with Crippen molar-refractivity contribution in [3.8, 4) is 0 Å². The highest BCUT2D eigenvalue weighted by atomic mass is 19.3. The Labute approximate surface area is 113 Å². The molecule has 3 nitrogen and oxygen atoms in total. The van der Waals surface area contributed by atoms with Gasteiger partial charge in [-0.25, -0.2) is 8.78 Å². The van der Waals surface area contributed by atoms with E-state index in [1.165, 1.54) is 12.8 Å². The first-order valence-electron chi connectivity index (χ1n) is 6.73. The summed E-state index contributed by atoms with van der Waals surface area (Å²) in [5, 5.41) is 2.64. The second kappa shape index (κ2) is 9.81. The van der Waals surface area contributed by atoms with Crippen LogP contribution >= 0.6 is 0 Å². The first kappa shape index (κ1) is 16.0. The molecule has 2 rings (SSSR count). The molecule has 0 aromatic carbocycles. The van der Waals surface area contributed by atoms with Crippen LogP contribution in [0.3, 0.4) is 0 Å². The van der Waals surface area contributed by atoms with Gasteiger partial charge in [-0.1, -0.05) is 13.0 Å². The normalized spacial score (nSPS) is 14.3. The average Bonchev–Trinajstić information content (AvgIpc) is 2.98. The number of nitrogens with zero attached hydrogens (tertiary/aromatic N) is 1. The standard InChI is InChI=1S/C10H14F2N2.C4H8O/c1-2-8-4-3-5-9(14-8)6-13-7-10(11)12;1-2-4-5-3-1/h3-5,10,13H,2,6-7H2,1H3;1-4H2. The largest absolute Gasteiger partial charge is 0.381 e. The molecule has 1 aromatic rings. The van der Waals surface area contributed by atoms with E-state index in [2.05, 4.69) is 10.3 Å². The zero-order valence-electron chi connectivity index (χ0n) is 11.4. The summed E-state index contributed by atoms with van der Waals surface area (Å²) in [6, 6.07) is 5.65. The summed E-state index contributed by atoms with van der Waals surface area (Å²) in [5.74, 6) is 0. The lowest BCUT2D eigenvalue weighted by atomic mass is 10.2. The summed E-state index contributed by atoms with van der Waals surface area (Å²) < 4.78 is 28.5. The first-order chi connectivity index (χ1) is 9.22. The van der Waals surface area contributed by atoms with E-state index in [-0.39, 0.29) is 6.54 Å². The molecule has 0 spiro atoms. The van der Waals surface area contributed by atoms with Gasteiger partial charge in [0, 0.05) is 25.5 Å². The summed E-state index contributed by atoms with van der Waals surface area (Å²) >= 11 is 0. The van der Waals surface area contributed by atoms with E-state index < -0.39 is 6.43 Å². The fourth-order valence-corrected chi connectivity index (χ4v) is 1.64. The number of pyridine rings is 1. The van der Waals surface area contributed by atoms with E-state index in [0.29, 0.717) is 6.54 Å². The van der Waals surface area contributed by atoms with Crippen LogP contribution in [0, 0.1) is 0 Å². The van der Waals surface area contributed by atoms with E-state index in [1.54, 1.807) is 0 Å². The Morgan fingerprint density at radius 3 is 2.47 bits per heavy atom. The second-order valence-corrected chi connectivity index (χ2v) is 4.32. The number of aromatic nitrogens is 1. The van der Waals surface area contributed by atoms with Crippen molar-refractivity contribution in [3.63, 3.8) is 0 Å². The SMILES string of the molecule is C1CCOC1.CCc1cccc(CNCC(F)F)n1. The van der Waals surface area contributed by atoms with Crippen molar-refractivity contribution in [3.05, 3.63) is 29.6 Å². The molecular formula is C14H22F2N2O. The second-order valence-electron chi connectivity index (χ2n) is 4.32.